The molecule has 1 saturated heterocycles. The molecule has 7 heteroatoms. The predicted octanol–water partition coefficient (Wildman–Crippen LogP) is 0.339. The van der Waals surface area contributed by atoms with Crippen molar-refractivity contribution in [2.45, 2.75) is 12.5 Å². The molecule has 2 amide bonds. The van der Waals surface area contributed by atoms with Gasteiger partial charge in [0.2, 0.25) is 11.8 Å². The van der Waals surface area contributed by atoms with Gasteiger partial charge < -0.3 is 20.2 Å². The topological polar surface area (TPSA) is 89.9 Å². The van der Waals surface area contributed by atoms with E-state index in [0.29, 0.717) is 18.7 Å². The van der Waals surface area contributed by atoms with Gasteiger partial charge in [-0.05, 0) is 19.7 Å². The maximum absolute atomic E-state index is 12.4. The smallest absolute Gasteiger partial charge is 0.330 e. The fourth-order valence-electron chi connectivity index (χ4n) is 2.68. The summed E-state index contributed by atoms with van der Waals surface area (Å²) in [5.41, 5.74) is 0.507. The highest BCUT2D eigenvalue weighted by Crippen LogP contribution is 2.20. The summed E-state index contributed by atoms with van der Waals surface area (Å²) < 4.78 is 0. The first-order chi connectivity index (χ1) is 11.4. The predicted molar refractivity (Wildman–Crippen MR) is 88.2 cm³/mol. The Morgan fingerprint density at radius 3 is 2.58 bits per heavy atom. The van der Waals surface area contributed by atoms with E-state index in [4.69, 9.17) is 0 Å². The summed E-state index contributed by atoms with van der Waals surface area (Å²) in [6.07, 6.45) is 0.125. The second kappa shape index (κ2) is 7.92. The first-order valence-corrected chi connectivity index (χ1v) is 7.89. The van der Waals surface area contributed by atoms with Crippen molar-refractivity contribution in [3.8, 4) is 0 Å². The first-order valence-electron chi connectivity index (χ1n) is 7.89. The van der Waals surface area contributed by atoms with Crippen LogP contribution in [0.15, 0.2) is 30.3 Å². The van der Waals surface area contributed by atoms with E-state index in [9.17, 15) is 19.5 Å². The number of carboxylic acid groups (broad SMARTS) is 1. The maximum atomic E-state index is 12.4. The molecule has 2 N–H and O–H groups in total. The number of likely N-dealkylation sites (tertiary alicyclic amines) is 1. The van der Waals surface area contributed by atoms with Crippen molar-refractivity contribution in [3.05, 3.63) is 35.9 Å². The molecular weight excluding hydrogens is 310 g/mol. The fourth-order valence-corrected chi connectivity index (χ4v) is 2.68. The molecule has 1 heterocycles. The lowest BCUT2D eigenvalue weighted by Crippen LogP contribution is -2.39. The number of likely N-dealkylation sites (N-methyl/N-ethyl adjacent to an activating group) is 1. The van der Waals surface area contributed by atoms with Gasteiger partial charge >= 0.3 is 5.97 Å². The number of carboxylic acids is 1. The molecular formula is C17H23N3O4. The quantitative estimate of drug-likeness (QED) is 0.751. The Balaban J connectivity index is 1.98. The number of amides is 2. The zero-order valence-electron chi connectivity index (χ0n) is 13.9. The van der Waals surface area contributed by atoms with Crippen LogP contribution in [0.5, 0.6) is 0 Å². The SMILES string of the molecule is CN(C)CCN1CC(C(=O)N[C@H](C(=O)O)c2ccccc2)CC1=O. The normalized spacial score (nSPS) is 18.7. The molecule has 2 atom stereocenters. The average Bonchev–Trinajstić information content (AvgIpc) is 2.92. The van der Waals surface area contributed by atoms with E-state index in [1.165, 1.54) is 0 Å². The molecule has 0 aliphatic carbocycles. The number of nitrogens with one attached hydrogen (secondary N) is 1. The molecule has 1 fully saturated rings. The maximum Gasteiger partial charge on any atom is 0.330 e. The van der Waals surface area contributed by atoms with Crippen LogP contribution in [0, 0.1) is 5.92 Å². The number of aliphatic carboxylic acids is 1. The van der Waals surface area contributed by atoms with Gasteiger partial charge in [-0.25, -0.2) is 4.79 Å². The summed E-state index contributed by atoms with van der Waals surface area (Å²) in [7, 11) is 3.84. The molecule has 1 unspecified atom stereocenters. The molecule has 2 rings (SSSR count). The minimum Gasteiger partial charge on any atom is -0.479 e. The van der Waals surface area contributed by atoms with Gasteiger partial charge in [-0.1, -0.05) is 30.3 Å². The lowest BCUT2D eigenvalue weighted by atomic mass is 10.0. The summed E-state index contributed by atoms with van der Waals surface area (Å²) >= 11 is 0. The zero-order chi connectivity index (χ0) is 17.7. The van der Waals surface area contributed by atoms with E-state index < -0.39 is 23.8 Å². The molecule has 0 bridgehead atoms. The van der Waals surface area contributed by atoms with Crippen LogP contribution in [-0.2, 0) is 14.4 Å². The third-order valence-electron chi connectivity index (χ3n) is 4.07. The van der Waals surface area contributed by atoms with Crippen molar-refractivity contribution >= 4 is 17.8 Å². The van der Waals surface area contributed by atoms with Crippen LogP contribution in [0.1, 0.15) is 18.0 Å². The first kappa shape index (κ1) is 17.9. The van der Waals surface area contributed by atoms with E-state index in [-0.39, 0.29) is 12.3 Å². The molecule has 24 heavy (non-hydrogen) atoms. The van der Waals surface area contributed by atoms with Crippen molar-refractivity contribution in [3.63, 3.8) is 0 Å². The van der Waals surface area contributed by atoms with E-state index >= 15 is 0 Å². The fraction of sp³-hybridized carbons (Fsp3) is 0.471. The van der Waals surface area contributed by atoms with E-state index in [1.807, 2.05) is 19.0 Å². The van der Waals surface area contributed by atoms with E-state index in [1.54, 1.807) is 35.2 Å². The monoisotopic (exact) mass is 333 g/mol. The zero-order valence-corrected chi connectivity index (χ0v) is 13.9. The Hall–Kier alpha value is -2.41. The van der Waals surface area contributed by atoms with Crippen LogP contribution in [0.3, 0.4) is 0 Å². The third-order valence-corrected chi connectivity index (χ3v) is 4.07. The van der Waals surface area contributed by atoms with Crippen LogP contribution in [0.4, 0.5) is 0 Å². The van der Waals surface area contributed by atoms with Gasteiger partial charge in [0.1, 0.15) is 0 Å². The Labute approximate surface area is 141 Å². The van der Waals surface area contributed by atoms with Gasteiger partial charge in [-0.15, -0.1) is 0 Å². The lowest BCUT2D eigenvalue weighted by molar-refractivity contribution is -0.142. The minimum absolute atomic E-state index is 0.0661. The second-order valence-electron chi connectivity index (χ2n) is 6.23. The number of benzene rings is 1. The van der Waals surface area contributed by atoms with Crippen LogP contribution >= 0.6 is 0 Å². The van der Waals surface area contributed by atoms with Crippen molar-refractivity contribution in [1.82, 2.24) is 15.1 Å². The molecule has 0 radical (unpaired) electrons. The molecule has 1 aliphatic rings. The summed E-state index contributed by atoms with van der Waals surface area (Å²) in [6.45, 7) is 1.62. The molecule has 0 saturated carbocycles. The van der Waals surface area contributed by atoms with E-state index in [0.717, 1.165) is 6.54 Å². The van der Waals surface area contributed by atoms with Crippen LogP contribution < -0.4 is 5.32 Å². The minimum atomic E-state index is -1.12. The Kier molecular flexibility index (Phi) is 5.92. The summed E-state index contributed by atoms with van der Waals surface area (Å²) in [4.78, 5) is 39.5. The van der Waals surface area contributed by atoms with Gasteiger partial charge in [-0.2, -0.15) is 0 Å². The standard InChI is InChI=1S/C17H23N3O4/c1-19(2)8-9-20-11-13(10-14(20)21)16(22)18-15(17(23)24)12-6-4-3-5-7-12/h3-7,13,15H,8-11H2,1-2H3,(H,18,22)(H,23,24)/t13?,15-/m0/s1. The second-order valence-corrected chi connectivity index (χ2v) is 6.23. The van der Waals surface area contributed by atoms with Crippen molar-refractivity contribution in [2.24, 2.45) is 5.92 Å². The molecule has 0 aromatic heterocycles. The van der Waals surface area contributed by atoms with E-state index in [2.05, 4.69) is 5.32 Å². The number of hydrogen-bond acceptors (Lipinski definition) is 4. The molecule has 1 aliphatic heterocycles. The van der Waals surface area contributed by atoms with Gasteiger partial charge in [0.15, 0.2) is 6.04 Å². The average molecular weight is 333 g/mol. The van der Waals surface area contributed by atoms with Gasteiger partial charge in [-0.3, -0.25) is 9.59 Å². The third kappa shape index (κ3) is 4.55. The summed E-state index contributed by atoms with van der Waals surface area (Å²) in [6, 6.07) is 7.43. The molecule has 1 aromatic rings. The van der Waals surface area contributed by atoms with Crippen LogP contribution in [-0.4, -0.2) is 66.4 Å². The number of carbonyl (C=O) groups excluding carboxylic acids is 2. The highest BCUT2D eigenvalue weighted by molar-refractivity contribution is 5.91. The van der Waals surface area contributed by atoms with Gasteiger partial charge in [0.25, 0.3) is 0 Å². The van der Waals surface area contributed by atoms with Gasteiger partial charge in [0, 0.05) is 26.1 Å². The Bertz CT molecular complexity index is 603. The number of hydrogen-bond donors (Lipinski definition) is 2. The molecule has 130 valence electrons. The Morgan fingerprint density at radius 1 is 1.33 bits per heavy atom. The van der Waals surface area contributed by atoms with Crippen molar-refractivity contribution < 1.29 is 19.5 Å². The van der Waals surface area contributed by atoms with Gasteiger partial charge in [0.05, 0.1) is 5.92 Å². The highest BCUT2D eigenvalue weighted by atomic mass is 16.4. The molecule has 7 nitrogen and oxygen atoms in total. The lowest BCUT2D eigenvalue weighted by Gasteiger charge is -2.20. The van der Waals surface area contributed by atoms with Crippen molar-refractivity contribution in [1.29, 1.82) is 0 Å². The van der Waals surface area contributed by atoms with Crippen LogP contribution in [0.2, 0.25) is 0 Å². The summed E-state index contributed by atoms with van der Waals surface area (Å²) in [5.74, 6) is -2.09. The highest BCUT2D eigenvalue weighted by Gasteiger charge is 2.35. The van der Waals surface area contributed by atoms with Crippen molar-refractivity contribution in [2.75, 3.05) is 33.7 Å². The molecule has 0 spiro atoms. The number of nitrogens with zero attached hydrogens (tertiary/aromatic N) is 2. The largest absolute Gasteiger partial charge is 0.479 e. The Morgan fingerprint density at radius 2 is 2.00 bits per heavy atom. The number of rotatable bonds is 7. The molecule has 1 aromatic carbocycles. The number of carbonyl (C=O) groups is 3. The summed E-state index contributed by atoms with van der Waals surface area (Å²) in [5, 5.41) is 11.9. The van der Waals surface area contributed by atoms with Crippen LogP contribution in [0.25, 0.3) is 0 Å².